The predicted octanol–water partition coefficient (Wildman–Crippen LogP) is 3.28. The summed E-state index contributed by atoms with van der Waals surface area (Å²) >= 11 is 0. The minimum atomic E-state index is 0.588. The third-order valence-electron chi connectivity index (χ3n) is 4.16. The van der Waals surface area contributed by atoms with E-state index < -0.39 is 0 Å². The molecule has 0 amide bonds. The molecular formula is C16H21N3O. The summed E-state index contributed by atoms with van der Waals surface area (Å²) in [4.78, 5) is 6.79. The van der Waals surface area contributed by atoms with Crippen molar-refractivity contribution < 1.29 is 4.52 Å². The van der Waals surface area contributed by atoms with E-state index in [0.29, 0.717) is 17.8 Å². The van der Waals surface area contributed by atoms with E-state index >= 15 is 0 Å². The number of hydrogen-bond acceptors (Lipinski definition) is 4. The zero-order valence-corrected chi connectivity index (χ0v) is 12.3. The van der Waals surface area contributed by atoms with Crippen LogP contribution in [-0.2, 0) is 6.54 Å². The van der Waals surface area contributed by atoms with Gasteiger partial charge in [0.15, 0.2) is 0 Å². The van der Waals surface area contributed by atoms with Crippen molar-refractivity contribution in [1.82, 2.24) is 15.0 Å². The molecule has 1 unspecified atom stereocenters. The van der Waals surface area contributed by atoms with Gasteiger partial charge in [0, 0.05) is 11.6 Å². The van der Waals surface area contributed by atoms with E-state index in [1.807, 2.05) is 12.1 Å². The summed E-state index contributed by atoms with van der Waals surface area (Å²) in [5.41, 5.74) is 2.24. The Morgan fingerprint density at radius 2 is 2.00 bits per heavy atom. The highest BCUT2D eigenvalue weighted by molar-refractivity contribution is 5.54. The average molecular weight is 271 g/mol. The first-order chi connectivity index (χ1) is 9.63. The summed E-state index contributed by atoms with van der Waals surface area (Å²) in [6.07, 6.45) is 2.70. The molecule has 0 N–H and O–H groups in total. The molecule has 0 bridgehead atoms. The second-order valence-corrected chi connectivity index (χ2v) is 5.87. The first-order valence-electron chi connectivity index (χ1n) is 7.23. The third kappa shape index (κ3) is 2.90. The van der Waals surface area contributed by atoms with Crippen LogP contribution in [0.25, 0.3) is 11.4 Å². The van der Waals surface area contributed by atoms with Crippen LogP contribution in [0.15, 0.2) is 28.8 Å². The topological polar surface area (TPSA) is 42.2 Å². The molecule has 1 saturated carbocycles. The van der Waals surface area contributed by atoms with Gasteiger partial charge in [-0.1, -0.05) is 35.0 Å². The second kappa shape index (κ2) is 5.37. The Kier molecular flexibility index (Phi) is 3.57. The molecule has 1 fully saturated rings. The molecule has 1 atom stereocenters. The van der Waals surface area contributed by atoms with Gasteiger partial charge in [0.1, 0.15) is 0 Å². The highest BCUT2D eigenvalue weighted by Crippen LogP contribution is 2.35. The maximum absolute atomic E-state index is 5.37. The molecule has 0 saturated heterocycles. The van der Waals surface area contributed by atoms with Crippen LogP contribution in [0.3, 0.4) is 0 Å². The Hall–Kier alpha value is -1.68. The molecule has 20 heavy (non-hydrogen) atoms. The van der Waals surface area contributed by atoms with Gasteiger partial charge in [0.25, 0.3) is 0 Å². The largest absolute Gasteiger partial charge is 0.338 e. The monoisotopic (exact) mass is 271 g/mol. The quantitative estimate of drug-likeness (QED) is 0.837. The van der Waals surface area contributed by atoms with Gasteiger partial charge in [0.05, 0.1) is 6.54 Å². The van der Waals surface area contributed by atoms with E-state index in [-0.39, 0.29) is 0 Å². The number of hydrogen-bond donors (Lipinski definition) is 0. The number of aryl methyl sites for hydroxylation is 1. The third-order valence-corrected chi connectivity index (χ3v) is 4.16. The van der Waals surface area contributed by atoms with Gasteiger partial charge in [-0.3, -0.25) is 4.90 Å². The minimum absolute atomic E-state index is 0.588. The van der Waals surface area contributed by atoms with Crippen molar-refractivity contribution >= 4 is 0 Å². The van der Waals surface area contributed by atoms with E-state index in [1.165, 1.54) is 18.4 Å². The van der Waals surface area contributed by atoms with E-state index in [1.54, 1.807) is 0 Å². The van der Waals surface area contributed by atoms with Crippen LogP contribution in [0.5, 0.6) is 0 Å². The van der Waals surface area contributed by atoms with E-state index in [0.717, 1.165) is 18.0 Å². The van der Waals surface area contributed by atoms with Crippen molar-refractivity contribution in [1.29, 1.82) is 0 Å². The molecule has 1 heterocycles. The molecule has 1 aliphatic carbocycles. The van der Waals surface area contributed by atoms with Crippen LogP contribution in [0.4, 0.5) is 0 Å². The molecule has 1 aromatic carbocycles. The maximum atomic E-state index is 5.37. The van der Waals surface area contributed by atoms with Crippen molar-refractivity contribution in [2.45, 2.75) is 39.3 Å². The SMILES string of the molecule is Cc1ccc(-c2noc(CN(C)C(C)C3CC3)n2)cc1. The lowest BCUT2D eigenvalue weighted by Crippen LogP contribution is -2.30. The second-order valence-electron chi connectivity index (χ2n) is 5.87. The van der Waals surface area contributed by atoms with Crippen LogP contribution in [0.1, 0.15) is 31.2 Å². The summed E-state index contributed by atoms with van der Waals surface area (Å²) in [7, 11) is 2.12. The van der Waals surface area contributed by atoms with Gasteiger partial charge in [-0.05, 0) is 39.7 Å². The number of aromatic nitrogens is 2. The van der Waals surface area contributed by atoms with Crippen molar-refractivity contribution in [2.75, 3.05) is 7.05 Å². The molecule has 0 spiro atoms. The zero-order chi connectivity index (χ0) is 14.1. The molecular weight excluding hydrogens is 250 g/mol. The summed E-state index contributed by atoms with van der Waals surface area (Å²) in [6.45, 7) is 5.06. The normalized spacial score (nSPS) is 16.6. The zero-order valence-electron chi connectivity index (χ0n) is 12.3. The molecule has 4 heteroatoms. The van der Waals surface area contributed by atoms with Gasteiger partial charge in [-0.25, -0.2) is 0 Å². The first kappa shape index (κ1) is 13.3. The standard InChI is InChI=1S/C16H21N3O/c1-11-4-6-14(7-5-11)16-17-15(20-18-16)10-19(3)12(2)13-8-9-13/h4-7,12-13H,8-10H2,1-3H3. The van der Waals surface area contributed by atoms with Gasteiger partial charge < -0.3 is 4.52 Å². The highest BCUT2D eigenvalue weighted by Gasteiger charge is 2.30. The molecule has 4 nitrogen and oxygen atoms in total. The van der Waals surface area contributed by atoms with Crippen LogP contribution in [-0.4, -0.2) is 28.1 Å². The van der Waals surface area contributed by atoms with Crippen LogP contribution in [0, 0.1) is 12.8 Å². The predicted molar refractivity (Wildman–Crippen MR) is 78.1 cm³/mol. The van der Waals surface area contributed by atoms with Crippen LogP contribution >= 0.6 is 0 Å². The van der Waals surface area contributed by atoms with Crippen molar-refractivity contribution in [2.24, 2.45) is 5.92 Å². The number of nitrogens with zero attached hydrogens (tertiary/aromatic N) is 3. The smallest absolute Gasteiger partial charge is 0.241 e. The van der Waals surface area contributed by atoms with Gasteiger partial charge >= 0.3 is 0 Å². The molecule has 1 aromatic heterocycles. The lowest BCUT2D eigenvalue weighted by molar-refractivity contribution is 0.197. The van der Waals surface area contributed by atoms with Gasteiger partial charge in [0.2, 0.25) is 11.7 Å². The first-order valence-corrected chi connectivity index (χ1v) is 7.23. The summed E-state index contributed by atoms with van der Waals surface area (Å²) < 4.78 is 5.37. The highest BCUT2D eigenvalue weighted by atomic mass is 16.5. The number of benzene rings is 1. The fraction of sp³-hybridized carbons (Fsp3) is 0.500. The van der Waals surface area contributed by atoms with Crippen molar-refractivity contribution in [3.05, 3.63) is 35.7 Å². The maximum Gasteiger partial charge on any atom is 0.241 e. The van der Waals surface area contributed by atoms with Gasteiger partial charge in [-0.2, -0.15) is 4.98 Å². The fourth-order valence-electron chi connectivity index (χ4n) is 2.43. The van der Waals surface area contributed by atoms with E-state index in [9.17, 15) is 0 Å². The minimum Gasteiger partial charge on any atom is -0.338 e. The molecule has 106 valence electrons. The average Bonchev–Trinajstić information content (AvgIpc) is 3.19. The Bertz CT molecular complexity index is 572. The Morgan fingerprint density at radius 1 is 1.30 bits per heavy atom. The Morgan fingerprint density at radius 3 is 2.65 bits per heavy atom. The molecule has 1 aliphatic rings. The molecule has 0 radical (unpaired) electrons. The fourth-order valence-corrected chi connectivity index (χ4v) is 2.43. The number of rotatable bonds is 5. The van der Waals surface area contributed by atoms with Crippen molar-refractivity contribution in [3.63, 3.8) is 0 Å². The Labute approximate surface area is 119 Å². The summed E-state index contributed by atoms with van der Waals surface area (Å²) in [5, 5.41) is 4.08. The lowest BCUT2D eigenvalue weighted by Gasteiger charge is -2.22. The van der Waals surface area contributed by atoms with E-state index in [2.05, 4.69) is 48.1 Å². The van der Waals surface area contributed by atoms with Gasteiger partial charge in [-0.15, -0.1) is 0 Å². The molecule has 2 aromatic rings. The Balaban J connectivity index is 1.68. The van der Waals surface area contributed by atoms with Crippen LogP contribution in [0.2, 0.25) is 0 Å². The van der Waals surface area contributed by atoms with Crippen LogP contribution < -0.4 is 0 Å². The lowest BCUT2D eigenvalue weighted by atomic mass is 10.1. The summed E-state index contributed by atoms with van der Waals surface area (Å²) in [5.74, 6) is 2.21. The van der Waals surface area contributed by atoms with E-state index in [4.69, 9.17) is 4.52 Å². The molecule has 3 rings (SSSR count). The van der Waals surface area contributed by atoms with Crippen molar-refractivity contribution in [3.8, 4) is 11.4 Å². The molecule has 0 aliphatic heterocycles. The summed E-state index contributed by atoms with van der Waals surface area (Å²) in [6, 6.07) is 8.77.